The van der Waals surface area contributed by atoms with Gasteiger partial charge in [-0.15, -0.1) is 0 Å². The van der Waals surface area contributed by atoms with Gasteiger partial charge in [0.05, 0.1) is 11.4 Å². The number of carbonyl (C=O) groups is 4. The zero-order valence-electron chi connectivity index (χ0n) is 17.5. The van der Waals surface area contributed by atoms with Crippen molar-refractivity contribution in [2.75, 3.05) is 16.8 Å². The minimum Gasteiger partial charge on any atom is -0.451 e. The molecule has 0 spiro atoms. The Bertz CT molecular complexity index is 1060. The van der Waals surface area contributed by atoms with E-state index < -0.39 is 29.9 Å². The molecule has 1 aliphatic heterocycles. The van der Waals surface area contributed by atoms with Gasteiger partial charge >= 0.3 is 5.97 Å². The van der Waals surface area contributed by atoms with Crippen molar-refractivity contribution in [1.29, 1.82) is 0 Å². The lowest BCUT2D eigenvalue weighted by Crippen LogP contribution is -2.59. The van der Waals surface area contributed by atoms with Crippen molar-refractivity contribution in [2.45, 2.75) is 26.3 Å². The van der Waals surface area contributed by atoms with E-state index in [0.29, 0.717) is 16.9 Å². The predicted molar refractivity (Wildman–Crippen MR) is 116 cm³/mol. The number of nitrogens with zero attached hydrogens (tertiary/aromatic N) is 1. The summed E-state index contributed by atoms with van der Waals surface area (Å²) in [5, 5.41) is 5.20. The summed E-state index contributed by atoms with van der Waals surface area (Å²) >= 11 is 0. The summed E-state index contributed by atoms with van der Waals surface area (Å²) in [6.45, 7) is 3.88. The van der Waals surface area contributed by atoms with E-state index in [2.05, 4.69) is 10.6 Å². The predicted octanol–water partition coefficient (Wildman–Crippen LogP) is 2.47. The molecule has 0 fully saturated rings. The molecule has 0 saturated heterocycles. The molecular weight excluding hydrogens is 398 g/mol. The summed E-state index contributed by atoms with van der Waals surface area (Å²) in [5.41, 5.74) is 0.405. The van der Waals surface area contributed by atoms with Gasteiger partial charge in [0.25, 0.3) is 5.91 Å². The van der Waals surface area contributed by atoms with Crippen molar-refractivity contribution >= 4 is 41.1 Å². The highest BCUT2D eigenvalue weighted by atomic mass is 16.5. The molecule has 0 atom stereocenters. The summed E-state index contributed by atoms with van der Waals surface area (Å²) in [6.07, 6.45) is 1.46. The van der Waals surface area contributed by atoms with Crippen molar-refractivity contribution in [2.24, 2.45) is 0 Å². The fourth-order valence-corrected chi connectivity index (χ4v) is 3.22. The molecule has 2 aromatic carbocycles. The molecule has 31 heavy (non-hydrogen) atoms. The van der Waals surface area contributed by atoms with Gasteiger partial charge in [-0.3, -0.25) is 19.3 Å². The average Bonchev–Trinajstić information content (AvgIpc) is 2.72. The molecule has 8 heteroatoms. The number of amides is 3. The van der Waals surface area contributed by atoms with Gasteiger partial charge in [0.1, 0.15) is 11.2 Å². The highest BCUT2D eigenvalue weighted by Gasteiger charge is 2.43. The maximum absolute atomic E-state index is 13.0. The molecule has 3 amide bonds. The van der Waals surface area contributed by atoms with E-state index in [4.69, 9.17) is 4.74 Å². The minimum absolute atomic E-state index is 0.0949. The SMILES string of the molecule is CC(=O)N/C(=C\c1ccccc1)C(=O)OCC(=O)N1c2ccccc2NC(=O)C1(C)C. The summed E-state index contributed by atoms with van der Waals surface area (Å²) in [6, 6.07) is 15.8. The van der Waals surface area contributed by atoms with Crippen LogP contribution < -0.4 is 15.5 Å². The van der Waals surface area contributed by atoms with Crippen LogP contribution in [0, 0.1) is 0 Å². The third-order valence-electron chi connectivity index (χ3n) is 4.73. The van der Waals surface area contributed by atoms with Crippen LogP contribution in [0.4, 0.5) is 11.4 Å². The van der Waals surface area contributed by atoms with Crippen molar-refractivity contribution in [3.8, 4) is 0 Å². The van der Waals surface area contributed by atoms with Gasteiger partial charge in [-0.05, 0) is 37.6 Å². The maximum atomic E-state index is 13.0. The lowest BCUT2D eigenvalue weighted by atomic mass is 9.96. The third-order valence-corrected chi connectivity index (χ3v) is 4.73. The number of anilines is 2. The number of carbonyl (C=O) groups excluding carboxylic acids is 4. The van der Waals surface area contributed by atoms with Crippen LogP contribution in [0.3, 0.4) is 0 Å². The Kier molecular flexibility index (Phi) is 6.20. The number of hydrogen-bond acceptors (Lipinski definition) is 5. The largest absolute Gasteiger partial charge is 0.451 e. The zero-order chi connectivity index (χ0) is 22.6. The van der Waals surface area contributed by atoms with E-state index in [1.165, 1.54) is 17.9 Å². The van der Waals surface area contributed by atoms with Gasteiger partial charge in [-0.25, -0.2) is 4.79 Å². The Morgan fingerprint density at radius 2 is 1.71 bits per heavy atom. The Morgan fingerprint density at radius 1 is 1.06 bits per heavy atom. The van der Waals surface area contributed by atoms with Crippen molar-refractivity contribution in [3.63, 3.8) is 0 Å². The summed E-state index contributed by atoms with van der Waals surface area (Å²) in [7, 11) is 0. The quantitative estimate of drug-likeness (QED) is 0.570. The molecule has 8 nitrogen and oxygen atoms in total. The van der Waals surface area contributed by atoms with Gasteiger partial charge in [0, 0.05) is 6.92 Å². The van der Waals surface area contributed by atoms with Crippen LogP contribution >= 0.6 is 0 Å². The van der Waals surface area contributed by atoms with Gasteiger partial charge in [-0.2, -0.15) is 0 Å². The zero-order valence-corrected chi connectivity index (χ0v) is 17.5. The van der Waals surface area contributed by atoms with Crippen LogP contribution in [0.1, 0.15) is 26.3 Å². The fraction of sp³-hybridized carbons (Fsp3) is 0.217. The Hall–Kier alpha value is -3.94. The van der Waals surface area contributed by atoms with Crippen molar-refractivity contribution in [3.05, 3.63) is 65.9 Å². The number of ether oxygens (including phenoxy) is 1. The molecular formula is C23H23N3O5. The monoisotopic (exact) mass is 421 g/mol. The van der Waals surface area contributed by atoms with Crippen LogP contribution in [-0.2, 0) is 23.9 Å². The van der Waals surface area contributed by atoms with Crippen LogP contribution in [0.2, 0.25) is 0 Å². The number of rotatable bonds is 5. The first-order valence-corrected chi connectivity index (χ1v) is 9.65. The molecule has 1 heterocycles. The molecule has 1 aliphatic rings. The summed E-state index contributed by atoms with van der Waals surface area (Å²) < 4.78 is 5.19. The van der Waals surface area contributed by atoms with Gasteiger partial charge < -0.3 is 15.4 Å². The van der Waals surface area contributed by atoms with Crippen LogP contribution in [-0.4, -0.2) is 35.8 Å². The van der Waals surface area contributed by atoms with E-state index in [1.807, 2.05) is 6.07 Å². The number of nitrogens with one attached hydrogen (secondary N) is 2. The van der Waals surface area contributed by atoms with Gasteiger partial charge in [-0.1, -0.05) is 42.5 Å². The number of fused-ring (bicyclic) bond motifs is 1. The number of benzene rings is 2. The second-order valence-electron chi connectivity index (χ2n) is 7.49. The molecule has 0 radical (unpaired) electrons. The van der Waals surface area contributed by atoms with Crippen LogP contribution in [0.15, 0.2) is 60.3 Å². The first kappa shape index (κ1) is 21.8. The van der Waals surface area contributed by atoms with Crippen LogP contribution in [0.5, 0.6) is 0 Å². The molecule has 0 bridgehead atoms. The molecule has 0 aromatic heterocycles. The lowest BCUT2D eigenvalue weighted by molar-refractivity contribution is -0.145. The molecule has 0 saturated carbocycles. The van der Waals surface area contributed by atoms with E-state index >= 15 is 0 Å². The normalized spacial score (nSPS) is 14.9. The number of hydrogen-bond donors (Lipinski definition) is 2. The van der Waals surface area contributed by atoms with Crippen molar-refractivity contribution in [1.82, 2.24) is 5.32 Å². The summed E-state index contributed by atoms with van der Waals surface area (Å²) in [5.74, 6) is -2.23. The lowest BCUT2D eigenvalue weighted by Gasteiger charge is -2.41. The standard InChI is InChI=1S/C23H23N3O5/c1-15(27)24-18(13-16-9-5-4-6-10-16)21(29)31-14-20(28)26-19-12-8-7-11-17(19)25-22(30)23(26,2)3/h4-13H,14H2,1-3H3,(H,24,27)(H,25,30)/b18-13-. The first-order chi connectivity index (χ1) is 14.7. The summed E-state index contributed by atoms with van der Waals surface area (Å²) in [4.78, 5) is 50.9. The topological polar surface area (TPSA) is 105 Å². The molecule has 0 unspecified atom stereocenters. The second-order valence-corrected chi connectivity index (χ2v) is 7.49. The molecule has 2 aromatic rings. The Balaban J connectivity index is 1.80. The smallest absolute Gasteiger partial charge is 0.355 e. The Labute approximate surface area is 179 Å². The third kappa shape index (κ3) is 4.80. The minimum atomic E-state index is -1.18. The van der Waals surface area contributed by atoms with E-state index in [-0.39, 0.29) is 11.6 Å². The highest BCUT2D eigenvalue weighted by molar-refractivity contribution is 6.14. The maximum Gasteiger partial charge on any atom is 0.355 e. The molecule has 3 rings (SSSR count). The van der Waals surface area contributed by atoms with Crippen molar-refractivity contribution < 1.29 is 23.9 Å². The van der Waals surface area contributed by atoms with Crippen LogP contribution in [0.25, 0.3) is 6.08 Å². The highest BCUT2D eigenvalue weighted by Crippen LogP contribution is 2.36. The van der Waals surface area contributed by atoms with E-state index in [0.717, 1.165) is 0 Å². The van der Waals surface area contributed by atoms with E-state index in [1.54, 1.807) is 62.4 Å². The Morgan fingerprint density at radius 3 is 2.39 bits per heavy atom. The average molecular weight is 421 g/mol. The fourth-order valence-electron chi connectivity index (χ4n) is 3.22. The second kappa shape index (κ2) is 8.83. The van der Waals surface area contributed by atoms with Gasteiger partial charge in [0.15, 0.2) is 6.61 Å². The molecule has 160 valence electrons. The first-order valence-electron chi connectivity index (χ1n) is 9.65. The molecule has 2 N–H and O–H groups in total. The van der Waals surface area contributed by atoms with Gasteiger partial charge in [0.2, 0.25) is 11.8 Å². The van der Waals surface area contributed by atoms with E-state index in [9.17, 15) is 19.2 Å². The molecule has 0 aliphatic carbocycles. The number of esters is 1. The number of para-hydroxylation sites is 2.